The first-order valence-electron chi connectivity index (χ1n) is 6.76. The summed E-state index contributed by atoms with van der Waals surface area (Å²) >= 11 is 3.06. The third kappa shape index (κ3) is 4.46. The largest absolute Gasteiger partial charge is 0.481 e. The molecule has 0 amide bonds. The summed E-state index contributed by atoms with van der Waals surface area (Å²) in [6, 6.07) is 2.61. The van der Waals surface area contributed by atoms with Crippen LogP contribution in [0, 0.1) is 11.6 Å². The number of hydrogen-bond donors (Lipinski definition) is 1. The number of carbonyl (C=O) groups is 1. The molecule has 0 saturated carbocycles. The van der Waals surface area contributed by atoms with E-state index in [0.717, 1.165) is 0 Å². The minimum absolute atomic E-state index is 0.0726. The molecule has 21 heavy (non-hydrogen) atoms. The molecule has 7 heteroatoms. The molecule has 1 N–H and O–H groups in total. The van der Waals surface area contributed by atoms with Crippen molar-refractivity contribution in [3.8, 4) is 0 Å². The summed E-state index contributed by atoms with van der Waals surface area (Å²) in [4.78, 5) is 14.6. The molecule has 0 unspecified atom stereocenters. The van der Waals surface area contributed by atoms with Gasteiger partial charge in [0.25, 0.3) is 0 Å². The highest BCUT2D eigenvalue weighted by atomic mass is 79.9. The lowest BCUT2D eigenvalue weighted by molar-refractivity contribution is -0.137. The Bertz CT molecular complexity index is 520. The van der Waals surface area contributed by atoms with Gasteiger partial charge in [0.2, 0.25) is 0 Å². The van der Waals surface area contributed by atoms with E-state index in [1.54, 1.807) is 0 Å². The van der Waals surface area contributed by atoms with E-state index in [4.69, 9.17) is 5.11 Å². The molecular weight excluding hydrogens is 346 g/mol. The molecule has 0 aliphatic carbocycles. The van der Waals surface area contributed by atoms with Crippen molar-refractivity contribution in [1.29, 1.82) is 0 Å². The highest BCUT2D eigenvalue weighted by Gasteiger charge is 2.20. The summed E-state index contributed by atoms with van der Waals surface area (Å²) in [5.74, 6) is -1.90. The van der Waals surface area contributed by atoms with E-state index in [2.05, 4.69) is 20.8 Å². The third-order valence-electron chi connectivity index (χ3n) is 3.63. The van der Waals surface area contributed by atoms with Gasteiger partial charge in [-0.25, -0.2) is 8.78 Å². The van der Waals surface area contributed by atoms with Gasteiger partial charge in [0.15, 0.2) is 0 Å². The maximum absolute atomic E-state index is 13.9. The van der Waals surface area contributed by atoms with Crippen molar-refractivity contribution in [1.82, 2.24) is 9.80 Å². The Kier molecular flexibility index (Phi) is 5.66. The molecule has 2 rings (SSSR count). The van der Waals surface area contributed by atoms with E-state index in [9.17, 15) is 13.6 Å². The number of rotatable bonds is 5. The number of piperazine rings is 1. The number of aliphatic carboxylic acids is 1. The average Bonchev–Trinajstić information content (AvgIpc) is 2.47. The third-order valence-corrected chi connectivity index (χ3v) is 4.24. The first-order chi connectivity index (χ1) is 9.97. The van der Waals surface area contributed by atoms with Crippen LogP contribution in [0.25, 0.3) is 0 Å². The number of halogens is 3. The quantitative estimate of drug-likeness (QED) is 0.816. The Morgan fingerprint density at radius 2 is 1.81 bits per heavy atom. The minimum atomic E-state index is -0.810. The SMILES string of the molecule is O=C(O)CCN1CCN(Cc2c(F)ccc(Br)c2F)CC1. The number of carboxylic acids is 1. The molecule has 1 fully saturated rings. The van der Waals surface area contributed by atoms with Crippen molar-refractivity contribution >= 4 is 21.9 Å². The second kappa shape index (κ2) is 7.29. The zero-order valence-corrected chi connectivity index (χ0v) is 13.1. The van der Waals surface area contributed by atoms with Crippen LogP contribution in [0.5, 0.6) is 0 Å². The minimum Gasteiger partial charge on any atom is -0.481 e. The van der Waals surface area contributed by atoms with Crippen LogP contribution in [0.15, 0.2) is 16.6 Å². The Labute approximate surface area is 130 Å². The van der Waals surface area contributed by atoms with Crippen molar-refractivity contribution in [2.45, 2.75) is 13.0 Å². The molecule has 0 aromatic heterocycles. The predicted octanol–water partition coefficient (Wildman–Crippen LogP) is 2.32. The maximum atomic E-state index is 13.9. The smallest absolute Gasteiger partial charge is 0.304 e. The van der Waals surface area contributed by atoms with Crippen LogP contribution in [0.2, 0.25) is 0 Å². The number of hydrogen-bond acceptors (Lipinski definition) is 3. The van der Waals surface area contributed by atoms with Gasteiger partial charge in [-0.3, -0.25) is 9.69 Å². The zero-order valence-electron chi connectivity index (χ0n) is 11.5. The summed E-state index contributed by atoms with van der Waals surface area (Å²) in [6.45, 7) is 3.51. The van der Waals surface area contributed by atoms with Crippen molar-refractivity contribution in [2.24, 2.45) is 0 Å². The van der Waals surface area contributed by atoms with E-state index >= 15 is 0 Å². The van der Waals surface area contributed by atoms with Crippen LogP contribution < -0.4 is 0 Å². The van der Waals surface area contributed by atoms with Crippen LogP contribution >= 0.6 is 15.9 Å². The summed E-state index contributed by atoms with van der Waals surface area (Å²) in [5.41, 5.74) is 0.0726. The van der Waals surface area contributed by atoms with Gasteiger partial charge in [0, 0.05) is 44.8 Å². The average molecular weight is 363 g/mol. The van der Waals surface area contributed by atoms with Crippen molar-refractivity contribution < 1.29 is 18.7 Å². The topological polar surface area (TPSA) is 43.8 Å². The lowest BCUT2D eigenvalue weighted by Crippen LogP contribution is -2.46. The van der Waals surface area contributed by atoms with Crippen LogP contribution in [0.1, 0.15) is 12.0 Å². The lowest BCUT2D eigenvalue weighted by atomic mass is 10.1. The predicted molar refractivity (Wildman–Crippen MR) is 78.0 cm³/mol. The Balaban J connectivity index is 1.89. The van der Waals surface area contributed by atoms with Crippen LogP contribution in [0.3, 0.4) is 0 Å². The van der Waals surface area contributed by atoms with Crippen molar-refractivity contribution in [3.63, 3.8) is 0 Å². The molecule has 0 bridgehead atoms. The molecule has 1 heterocycles. The van der Waals surface area contributed by atoms with E-state index in [1.807, 2.05) is 4.90 Å². The van der Waals surface area contributed by atoms with Gasteiger partial charge in [0.05, 0.1) is 10.9 Å². The summed E-state index contributed by atoms with van der Waals surface area (Å²) < 4.78 is 27.9. The van der Waals surface area contributed by atoms with Gasteiger partial charge in [-0.05, 0) is 28.1 Å². The van der Waals surface area contributed by atoms with Gasteiger partial charge in [0.1, 0.15) is 11.6 Å². The monoisotopic (exact) mass is 362 g/mol. The molecule has 1 aromatic carbocycles. The highest BCUT2D eigenvalue weighted by Crippen LogP contribution is 2.23. The second-order valence-electron chi connectivity index (χ2n) is 5.08. The van der Waals surface area contributed by atoms with E-state index in [-0.39, 0.29) is 23.0 Å². The van der Waals surface area contributed by atoms with Gasteiger partial charge in [-0.1, -0.05) is 0 Å². The maximum Gasteiger partial charge on any atom is 0.304 e. The summed E-state index contributed by atoms with van der Waals surface area (Å²) in [7, 11) is 0. The number of nitrogens with zero attached hydrogens (tertiary/aromatic N) is 2. The molecule has 1 aliphatic heterocycles. The molecule has 116 valence electrons. The summed E-state index contributed by atoms with van der Waals surface area (Å²) in [5, 5.41) is 8.65. The zero-order chi connectivity index (χ0) is 15.4. The molecule has 1 aromatic rings. The molecule has 1 aliphatic rings. The molecule has 4 nitrogen and oxygen atoms in total. The Morgan fingerprint density at radius 1 is 1.19 bits per heavy atom. The number of carboxylic acid groups (broad SMARTS) is 1. The highest BCUT2D eigenvalue weighted by molar-refractivity contribution is 9.10. The molecule has 1 saturated heterocycles. The van der Waals surface area contributed by atoms with Gasteiger partial charge in [-0.2, -0.15) is 0 Å². The van der Waals surface area contributed by atoms with E-state index in [1.165, 1.54) is 12.1 Å². The fourth-order valence-corrected chi connectivity index (χ4v) is 2.73. The van der Waals surface area contributed by atoms with Crippen LogP contribution in [-0.4, -0.2) is 53.6 Å². The number of benzene rings is 1. The van der Waals surface area contributed by atoms with E-state index in [0.29, 0.717) is 32.7 Å². The van der Waals surface area contributed by atoms with Crippen LogP contribution in [0.4, 0.5) is 8.78 Å². The van der Waals surface area contributed by atoms with Crippen molar-refractivity contribution in [3.05, 3.63) is 33.8 Å². The van der Waals surface area contributed by atoms with Gasteiger partial charge in [-0.15, -0.1) is 0 Å². The van der Waals surface area contributed by atoms with E-state index < -0.39 is 17.6 Å². The lowest BCUT2D eigenvalue weighted by Gasteiger charge is -2.34. The fraction of sp³-hybridized carbons (Fsp3) is 0.500. The molecule has 0 radical (unpaired) electrons. The first kappa shape index (κ1) is 16.3. The van der Waals surface area contributed by atoms with Gasteiger partial charge < -0.3 is 10.0 Å². The molecule has 0 atom stereocenters. The van der Waals surface area contributed by atoms with Crippen molar-refractivity contribution in [2.75, 3.05) is 32.7 Å². The second-order valence-corrected chi connectivity index (χ2v) is 5.94. The standard InChI is InChI=1S/C14H17BrF2N2O2/c15-11-1-2-12(16)10(14(11)17)9-19-7-5-18(6-8-19)4-3-13(20)21/h1-2H,3-9H2,(H,20,21). The normalized spacial score (nSPS) is 17.1. The fourth-order valence-electron chi connectivity index (χ4n) is 2.36. The summed E-state index contributed by atoms with van der Waals surface area (Å²) in [6.07, 6.45) is 0.120. The molecular formula is C14H17BrF2N2O2. The van der Waals surface area contributed by atoms with Gasteiger partial charge >= 0.3 is 5.97 Å². The molecule has 0 spiro atoms. The Morgan fingerprint density at radius 3 is 2.43 bits per heavy atom. The first-order valence-corrected chi connectivity index (χ1v) is 7.55. The van der Waals surface area contributed by atoms with Crippen LogP contribution in [-0.2, 0) is 11.3 Å². The Hall–Kier alpha value is -1.05.